The molecule has 1 fully saturated rings. The van der Waals surface area contributed by atoms with Crippen LogP contribution in [-0.4, -0.2) is 37.8 Å². The predicted molar refractivity (Wildman–Crippen MR) is 86.1 cm³/mol. The van der Waals surface area contributed by atoms with Gasteiger partial charge in [-0.05, 0) is 18.9 Å². The Hall–Kier alpha value is -1.67. The molecule has 0 spiro atoms. The molecule has 7 nitrogen and oxygen atoms in total. The summed E-state index contributed by atoms with van der Waals surface area (Å²) in [7, 11) is -0.951. The van der Waals surface area contributed by atoms with Crippen LogP contribution in [0.5, 0.6) is 5.75 Å². The third kappa shape index (κ3) is 3.81. The molecule has 1 aliphatic carbocycles. The van der Waals surface area contributed by atoms with Gasteiger partial charge in [-0.15, -0.1) is 0 Å². The molecule has 0 heterocycles. The molecule has 1 aromatic carbocycles. The highest BCUT2D eigenvalue weighted by Gasteiger charge is 2.32. The molecule has 0 aliphatic heterocycles. The zero-order chi connectivity index (χ0) is 17.0. The Bertz CT molecular complexity index is 666. The summed E-state index contributed by atoms with van der Waals surface area (Å²) in [6, 6.07) is 3.56. The molecule has 0 bridgehead atoms. The number of non-ortho nitro benzene ring substituents is 1. The number of nitro benzene ring substituents is 1. The van der Waals surface area contributed by atoms with Crippen LogP contribution in [0.25, 0.3) is 0 Å². The van der Waals surface area contributed by atoms with Crippen molar-refractivity contribution >= 4 is 15.7 Å². The van der Waals surface area contributed by atoms with Crippen molar-refractivity contribution in [2.24, 2.45) is 0 Å². The number of sulfonamides is 1. The second kappa shape index (κ2) is 7.27. The minimum Gasteiger partial charge on any atom is -0.495 e. The van der Waals surface area contributed by atoms with Crippen molar-refractivity contribution < 1.29 is 18.1 Å². The van der Waals surface area contributed by atoms with E-state index in [1.54, 1.807) is 7.05 Å². The molecular formula is C15H22N2O5S. The number of methoxy groups -OCH3 is 1. The van der Waals surface area contributed by atoms with E-state index in [-0.39, 0.29) is 22.4 Å². The van der Waals surface area contributed by atoms with Crippen LogP contribution >= 0.6 is 0 Å². The third-order valence-corrected chi connectivity index (χ3v) is 6.29. The lowest BCUT2D eigenvalue weighted by molar-refractivity contribution is -0.385. The summed E-state index contributed by atoms with van der Waals surface area (Å²) in [5, 5.41) is 11.0. The molecule has 0 amide bonds. The maximum absolute atomic E-state index is 12.9. The third-order valence-electron chi connectivity index (χ3n) is 4.35. The van der Waals surface area contributed by atoms with Gasteiger partial charge in [-0.2, -0.15) is 4.31 Å². The summed E-state index contributed by atoms with van der Waals surface area (Å²) in [6.07, 6.45) is 5.85. The summed E-state index contributed by atoms with van der Waals surface area (Å²) in [4.78, 5) is 10.2. The van der Waals surface area contributed by atoms with Gasteiger partial charge in [0.05, 0.1) is 12.0 Å². The SMILES string of the molecule is COc1ccc([N+](=O)[O-])cc1S(=O)(=O)N(C)C1CCCCCC1. The van der Waals surface area contributed by atoms with Gasteiger partial charge in [-0.3, -0.25) is 10.1 Å². The van der Waals surface area contributed by atoms with Crippen LogP contribution in [0.15, 0.2) is 23.1 Å². The Morgan fingerprint density at radius 1 is 1.22 bits per heavy atom. The molecule has 0 saturated heterocycles. The van der Waals surface area contributed by atoms with Gasteiger partial charge in [-0.1, -0.05) is 25.7 Å². The highest BCUT2D eigenvalue weighted by Crippen LogP contribution is 2.32. The average Bonchev–Trinajstić information content (AvgIpc) is 2.82. The number of ether oxygens (including phenoxy) is 1. The van der Waals surface area contributed by atoms with Crippen LogP contribution in [0, 0.1) is 10.1 Å². The van der Waals surface area contributed by atoms with Gasteiger partial charge < -0.3 is 4.74 Å². The van der Waals surface area contributed by atoms with Crippen molar-refractivity contribution in [3.63, 3.8) is 0 Å². The Morgan fingerprint density at radius 2 is 1.83 bits per heavy atom. The van der Waals surface area contributed by atoms with Gasteiger partial charge in [0.1, 0.15) is 10.6 Å². The number of rotatable bonds is 5. The number of nitro groups is 1. The molecule has 1 aliphatic rings. The standard InChI is InChI=1S/C15H22N2O5S/c1-16(12-7-5-3-4-6-8-12)23(20,21)15-11-13(17(18)19)9-10-14(15)22-2/h9-12H,3-8H2,1-2H3. The minimum atomic E-state index is -3.85. The second-order valence-corrected chi connectivity index (χ2v) is 7.72. The predicted octanol–water partition coefficient (Wildman–Crippen LogP) is 2.95. The minimum absolute atomic E-state index is 0.0773. The van der Waals surface area contributed by atoms with E-state index in [1.807, 2.05) is 0 Å². The van der Waals surface area contributed by atoms with Crippen LogP contribution in [-0.2, 0) is 10.0 Å². The van der Waals surface area contributed by atoms with Crippen molar-refractivity contribution in [3.05, 3.63) is 28.3 Å². The van der Waals surface area contributed by atoms with Gasteiger partial charge in [-0.25, -0.2) is 8.42 Å². The van der Waals surface area contributed by atoms with Crippen molar-refractivity contribution in [2.75, 3.05) is 14.2 Å². The van der Waals surface area contributed by atoms with Crippen LogP contribution in [0.2, 0.25) is 0 Å². The molecule has 23 heavy (non-hydrogen) atoms. The molecule has 1 saturated carbocycles. The lowest BCUT2D eigenvalue weighted by Gasteiger charge is -2.27. The number of hydrogen-bond donors (Lipinski definition) is 0. The van der Waals surface area contributed by atoms with Crippen LogP contribution in [0.3, 0.4) is 0 Å². The van der Waals surface area contributed by atoms with Crippen molar-refractivity contribution in [1.82, 2.24) is 4.31 Å². The van der Waals surface area contributed by atoms with Gasteiger partial charge in [0.25, 0.3) is 5.69 Å². The van der Waals surface area contributed by atoms with Crippen molar-refractivity contribution in [2.45, 2.75) is 49.5 Å². The molecule has 128 valence electrons. The van der Waals surface area contributed by atoms with E-state index in [4.69, 9.17) is 4.74 Å². The average molecular weight is 342 g/mol. The van der Waals surface area contributed by atoms with E-state index in [1.165, 1.54) is 23.5 Å². The molecular weight excluding hydrogens is 320 g/mol. The lowest BCUT2D eigenvalue weighted by Crippen LogP contribution is -2.36. The first-order valence-electron chi connectivity index (χ1n) is 7.68. The largest absolute Gasteiger partial charge is 0.495 e. The van der Waals surface area contributed by atoms with Gasteiger partial charge >= 0.3 is 0 Å². The first-order chi connectivity index (χ1) is 10.9. The molecule has 0 radical (unpaired) electrons. The summed E-state index contributed by atoms with van der Waals surface area (Å²) in [5.74, 6) is 0.121. The fraction of sp³-hybridized carbons (Fsp3) is 0.600. The Labute approximate surface area is 136 Å². The summed E-state index contributed by atoms with van der Waals surface area (Å²) >= 11 is 0. The second-order valence-electron chi connectivity index (χ2n) is 5.76. The zero-order valence-corrected chi connectivity index (χ0v) is 14.2. The molecule has 0 atom stereocenters. The first kappa shape index (κ1) is 17.7. The number of benzene rings is 1. The van der Waals surface area contributed by atoms with E-state index in [0.29, 0.717) is 0 Å². The molecule has 8 heteroatoms. The van der Waals surface area contributed by atoms with Crippen LogP contribution in [0.4, 0.5) is 5.69 Å². The number of nitrogens with zero attached hydrogens (tertiary/aromatic N) is 2. The van der Waals surface area contributed by atoms with Crippen LogP contribution < -0.4 is 4.74 Å². The molecule has 0 unspecified atom stereocenters. The Morgan fingerprint density at radius 3 is 2.35 bits per heavy atom. The summed E-state index contributed by atoms with van der Waals surface area (Å²) in [6.45, 7) is 0. The van der Waals surface area contributed by atoms with E-state index >= 15 is 0 Å². The topological polar surface area (TPSA) is 89.7 Å². The van der Waals surface area contributed by atoms with E-state index < -0.39 is 14.9 Å². The fourth-order valence-corrected chi connectivity index (χ4v) is 4.54. The molecule has 0 N–H and O–H groups in total. The smallest absolute Gasteiger partial charge is 0.271 e. The van der Waals surface area contributed by atoms with Gasteiger partial charge in [0.2, 0.25) is 10.0 Å². The Kier molecular flexibility index (Phi) is 5.59. The quantitative estimate of drug-likeness (QED) is 0.466. The summed E-state index contributed by atoms with van der Waals surface area (Å²) < 4.78 is 32.3. The van der Waals surface area contributed by atoms with Gasteiger partial charge in [0, 0.05) is 25.2 Å². The van der Waals surface area contributed by atoms with Crippen LogP contribution in [0.1, 0.15) is 38.5 Å². The summed E-state index contributed by atoms with van der Waals surface area (Å²) in [5.41, 5.74) is -0.265. The van der Waals surface area contributed by atoms with E-state index in [2.05, 4.69) is 0 Å². The molecule has 0 aromatic heterocycles. The highest BCUT2D eigenvalue weighted by atomic mass is 32.2. The highest BCUT2D eigenvalue weighted by molar-refractivity contribution is 7.89. The first-order valence-corrected chi connectivity index (χ1v) is 9.12. The lowest BCUT2D eigenvalue weighted by atomic mass is 10.1. The monoisotopic (exact) mass is 342 g/mol. The molecule has 1 aromatic rings. The van der Waals surface area contributed by atoms with Crippen molar-refractivity contribution in [3.8, 4) is 5.75 Å². The van der Waals surface area contributed by atoms with Gasteiger partial charge in [0.15, 0.2) is 0 Å². The van der Waals surface area contributed by atoms with E-state index in [9.17, 15) is 18.5 Å². The van der Waals surface area contributed by atoms with E-state index in [0.717, 1.165) is 44.6 Å². The molecule has 2 rings (SSSR count). The van der Waals surface area contributed by atoms with Crippen molar-refractivity contribution in [1.29, 1.82) is 0 Å². The zero-order valence-electron chi connectivity index (χ0n) is 13.4. The fourth-order valence-electron chi connectivity index (χ4n) is 2.95. The maximum Gasteiger partial charge on any atom is 0.271 e. The normalized spacial score (nSPS) is 17.0. The Balaban J connectivity index is 2.40. The number of hydrogen-bond acceptors (Lipinski definition) is 5. The maximum atomic E-state index is 12.9.